The normalized spacial score (nSPS) is 24.1. The van der Waals surface area contributed by atoms with Crippen LogP contribution < -0.4 is 5.32 Å². The van der Waals surface area contributed by atoms with E-state index in [-0.39, 0.29) is 0 Å². The quantitative estimate of drug-likeness (QED) is 0.890. The van der Waals surface area contributed by atoms with Crippen LogP contribution in [0.25, 0.3) is 0 Å². The molecule has 1 N–H and O–H groups in total. The highest BCUT2D eigenvalue weighted by molar-refractivity contribution is 5.24. The van der Waals surface area contributed by atoms with E-state index in [1.54, 1.807) is 0 Å². The van der Waals surface area contributed by atoms with E-state index in [0.29, 0.717) is 6.04 Å². The van der Waals surface area contributed by atoms with E-state index in [0.717, 1.165) is 19.1 Å². The molecule has 0 aliphatic carbocycles. The molecule has 19 heavy (non-hydrogen) atoms. The van der Waals surface area contributed by atoms with Crippen molar-refractivity contribution in [2.45, 2.75) is 25.9 Å². The summed E-state index contributed by atoms with van der Waals surface area (Å²) in [6, 6.07) is 10.3. The van der Waals surface area contributed by atoms with Gasteiger partial charge in [0, 0.05) is 51.4 Å². The average Bonchev–Trinajstić information content (AvgIpc) is 2.39. The van der Waals surface area contributed by atoms with E-state index in [9.17, 15) is 0 Å². The van der Waals surface area contributed by atoms with E-state index in [2.05, 4.69) is 53.2 Å². The number of likely N-dealkylation sites (tertiary alicyclic amines) is 1. The average molecular weight is 259 g/mol. The molecule has 1 atom stereocenters. The molecule has 1 aromatic rings. The van der Waals surface area contributed by atoms with Gasteiger partial charge < -0.3 is 5.32 Å². The molecule has 2 fully saturated rings. The number of nitrogens with zero attached hydrogens (tertiary/aromatic N) is 2. The van der Waals surface area contributed by atoms with Crippen LogP contribution in [0.5, 0.6) is 0 Å². The fourth-order valence-corrected chi connectivity index (χ4v) is 3.14. The van der Waals surface area contributed by atoms with Crippen molar-refractivity contribution in [2.24, 2.45) is 0 Å². The van der Waals surface area contributed by atoms with Crippen LogP contribution in [0.2, 0.25) is 0 Å². The fraction of sp³-hybridized carbons (Fsp3) is 0.625. The number of benzene rings is 1. The lowest BCUT2D eigenvalue weighted by Gasteiger charge is -2.49. The number of hydrogen-bond acceptors (Lipinski definition) is 3. The Bertz CT molecular complexity index is 403. The maximum Gasteiger partial charge on any atom is 0.0351 e. The summed E-state index contributed by atoms with van der Waals surface area (Å²) >= 11 is 0. The van der Waals surface area contributed by atoms with Crippen molar-refractivity contribution in [3.05, 3.63) is 35.4 Å². The largest absolute Gasteiger partial charge is 0.314 e. The molecule has 3 heteroatoms. The molecular weight excluding hydrogens is 234 g/mol. The van der Waals surface area contributed by atoms with Crippen molar-refractivity contribution in [3.8, 4) is 0 Å². The van der Waals surface area contributed by atoms with Gasteiger partial charge in [0.05, 0.1) is 0 Å². The maximum atomic E-state index is 3.43. The first-order valence-corrected chi connectivity index (χ1v) is 7.49. The second-order valence-corrected chi connectivity index (χ2v) is 5.98. The molecule has 0 radical (unpaired) electrons. The summed E-state index contributed by atoms with van der Waals surface area (Å²) in [6.45, 7) is 11.7. The Kier molecular flexibility index (Phi) is 3.87. The Morgan fingerprint density at radius 2 is 1.74 bits per heavy atom. The third-order valence-electron chi connectivity index (χ3n) is 4.67. The van der Waals surface area contributed by atoms with Gasteiger partial charge in [0.25, 0.3) is 0 Å². The second kappa shape index (κ2) is 5.61. The summed E-state index contributed by atoms with van der Waals surface area (Å²) in [5, 5.41) is 3.43. The lowest BCUT2D eigenvalue weighted by Crippen LogP contribution is -2.62. The van der Waals surface area contributed by atoms with E-state index in [1.165, 1.54) is 37.3 Å². The first kappa shape index (κ1) is 13.1. The first-order chi connectivity index (χ1) is 9.24. The third-order valence-corrected chi connectivity index (χ3v) is 4.67. The lowest BCUT2D eigenvalue weighted by atomic mass is 9.98. The predicted molar refractivity (Wildman–Crippen MR) is 79.4 cm³/mol. The van der Waals surface area contributed by atoms with E-state index < -0.39 is 0 Å². The summed E-state index contributed by atoms with van der Waals surface area (Å²) in [5.74, 6) is 0. The maximum absolute atomic E-state index is 3.43. The molecule has 0 spiro atoms. The fourth-order valence-electron chi connectivity index (χ4n) is 3.14. The van der Waals surface area contributed by atoms with Gasteiger partial charge in [-0.2, -0.15) is 0 Å². The third kappa shape index (κ3) is 2.83. The van der Waals surface area contributed by atoms with Gasteiger partial charge in [-0.15, -0.1) is 0 Å². The highest BCUT2D eigenvalue weighted by atomic mass is 15.3. The number of rotatable bonds is 3. The first-order valence-electron chi connectivity index (χ1n) is 7.49. The number of nitrogens with one attached hydrogen (secondary N) is 1. The topological polar surface area (TPSA) is 18.5 Å². The molecule has 0 amide bonds. The molecule has 2 heterocycles. The monoisotopic (exact) mass is 259 g/mol. The molecule has 0 saturated carbocycles. The standard InChI is InChI=1S/C16H25N3/c1-13-3-5-15(6-4-13)14(2)19-11-16(12-19)18-9-7-17-8-10-18/h3-6,14,16-17H,7-12H2,1-2H3. The Hall–Kier alpha value is -0.900. The minimum absolute atomic E-state index is 0.555. The minimum Gasteiger partial charge on any atom is -0.314 e. The second-order valence-electron chi connectivity index (χ2n) is 5.98. The molecule has 104 valence electrons. The molecule has 2 aliphatic rings. The predicted octanol–water partition coefficient (Wildman–Crippen LogP) is 1.65. The van der Waals surface area contributed by atoms with Crippen LogP contribution in [-0.2, 0) is 0 Å². The van der Waals surface area contributed by atoms with Crippen LogP contribution in [-0.4, -0.2) is 55.1 Å². The Morgan fingerprint density at radius 1 is 1.11 bits per heavy atom. The summed E-state index contributed by atoms with van der Waals surface area (Å²) < 4.78 is 0. The van der Waals surface area contributed by atoms with Crippen molar-refractivity contribution in [1.82, 2.24) is 15.1 Å². The zero-order valence-corrected chi connectivity index (χ0v) is 12.1. The van der Waals surface area contributed by atoms with Gasteiger partial charge in [-0.05, 0) is 19.4 Å². The molecule has 0 bridgehead atoms. The molecule has 3 nitrogen and oxygen atoms in total. The van der Waals surface area contributed by atoms with E-state index in [4.69, 9.17) is 0 Å². The van der Waals surface area contributed by atoms with Crippen LogP contribution in [0, 0.1) is 6.92 Å². The number of piperazine rings is 1. The van der Waals surface area contributed by atoms with Gasteiger partial charge in [0.2, 0.25) is 0 Å². The van der Waals surface area contributed by atoms with Gasteiger partial charge in [0.1, 0.15) is 0 Å². The molecule has 1 aromatic carbocycles. The molecule has 1 unspecified atom stereocenters. The minimum atomic E-state index is 0.555. The molecule has 3 rings (SSSR count). The van der Waals surface area contributed by atoms with Gasteiger partial charge in [-0.1, -0.05) is 29.8 Å². The van der Waals surface area contributed by atoms with Crippen molar-refractivity contribution in [1.29, 1.82) is 0 Å². The number of hydrogen-bond donors (Lipinski definition) is 1. The Balaban J connectivity index is 1.53. The summed E-state index contributed by atoms with van der Waals surface area (Å²) in [6.07, 6.45) is 0. The van der Waals surface area contributed by atoms with E-state index in [1.807, 2.05) is 0 Å². The Morgan fingerprint density at radius 3 is 2.37 bits per heavy atom. The van der Waals surface area contributed by atoms with Crippen molar-refractivity contribution in [3.63, 3.8) is 0 Å². The zero-order valence-electron chi connectivity index (χ0n) is 12.1. The van der Waals surface area contributed by atoms with Crippen molar-refractivity contribution < 1.29 is 0 Å². The number of aryl methyl sites for hydroxylation is 1. The summed E-state index contributed by atoms with van der Waals surface area (Å²) in [7, 11) is 0. The molecule has 2 aliphatic heterocycles. The summed E-state index contributed by atoms with van der Waals surface area (Å²) in [5.41, 5.74) is 2.79. The summed E-state index contributed by atoms with van der Waals surface area (Å²) in [4.78, 5) is 5.24. The van der Waals surface area contributed by atoms with Crippen LogP contribution in [0.4, 0.5) is 0 Å². The Labute approximate surface area is 116 Å². The molecule has 0 aromatic heterocycles. The van der Waals surface area contributed by atoms with Crippen LogP contribution in [0.15, 0.2) is 24.3 Å². The van der Waals surface area contributed by atoms with Gasteiger partial charge in [-0.25, -0.2) is 0 Å². The molecular formula is C16H25N3. The van der Waals surface area contributed by atoms with Gasteiger partial charge in [-0.3, -0.25) is 9.80 Å². The van der Waals surface area contributed by atoms with Crippen LogP contribution >= 0.6 is 0 Å². The highest BCUT2D eigenvalue weighted by Crippen LogP contribution is 2.27. The van der Waals surface area contributed by atoms with Crippen molar-refractivity contribution >= 4 is 0 Å². The van der Waals surface area contributed by atoms with Crippen LogP contribution in [0.3, 0.4) is 0 Å². The molecule has 2 saturated heterocycles. The zero-order chi connectivity index (χ0) is 13.2. The highest BCUT2D eigenvalue weighted by Gasteiger charge is 2.34. The lowest BCUT2D eigenvalue weighted by molar-refractivity contribution is 0.00347. The van der Waals surface area contributed by atoms with Gasteiger partial charge in [0.15, 0.2) is 0 Å². The van der Waals surface area contributed by atoms with Crippen molar-refractivity contribution in [2.75, 3.05) is 39.3 Å². The van der Waals surface area contributed by atoms with Gasteiger partial charge >= 0.3 is 0 Å². The smallest absolute Gasteiger partial charge is 0.0351 e. The van der Waals surface area contributed by atoms with Crippen LogP contribution in [0.1, 0.15) is 24.1 Å². The van der Waals surface area contributed by atoms with E-state index >= 15 is 0 Å². The SMILES string of the molecule is Cc1ccc(C(C)N2CC(N3CCNCC3)C2)cc1.